The van der Waals surface area contributed by atoms with Crippen molar-refractivity contribution in [1.82, 2.24) is 19.6 Å². The van der Waals surface area contributed by atoms with E-state index in [4.69, 9.17) is 11.6 Å². The van der Waals surface area contributed by atoms with Crippen LogP contribution in [0.15, 0.2) is 12.4 Å². The fourth-order valence-electron chi connectivity index (χ4n) is 1.73. The lowest BCUT2D eigenvalue weighted by Gasteiger charge is -2.26. The number of fused-ring (bicyclic) bond motifs is 1. The average molecular weight is 286 g/mol. The van der Waals surface area contributed by atoms with Crippen LogP contribution in [-0.2, 0) is 0 Å². The maximum absolute atomic E-state index is 6.01. The number of rotatable bonds is 5. The van der Waals surface area contributed by atoms with Gasteiger partial charge in [-0.1, -0.05) is 11.6 Å². The van der Waals surface area contributed by atoms with Crippen LogP contribution in [0.2, 0.25) is 5.15 Å². The molecule has 0 bridgehead atoms. The van der Waals surface area contributed by atoms with Crippen LogP contribution in [0.5, 0.6) is 0 Å². The van der Waals surface area contributed by atoms with Crippen molar-refractivity contribution in [2.24, 2.45) is 0 Å². The van der Waals surface area contributed by atoms with Gasteiger partial charge in [0.1, 0.15) is 17.3 Å². The van der Waals surface area contributed by atoms with Gasteiger partial charge in [0.05, 0.1) is 0 Å². The Balaban J connectivity index is 2.31. The molecule has 18 heavy (non-hydrogen) atoms. The third-order valence-corrected chi connectivity index (χ3v) is 3.80. The summed E-state index contributed by atoms with van der Waals surface area (Å²) >= 11 is 7.86. The zero-order valence-corrected chi connectivity index (χ0v) is 12.2. The molecule has 2 heterocycles. The van der Waals surface area contributed by atoms with E-state index < -0.39 is 0 Å². The quantitative estimate of drug-likeness (QED) is 0.789. The van der Waals surface area contributed by atoms with E-state index in [9.17, 15) is 0 Å². The van der Waals surface area contributed by atoms with Gasteiger partial charge in [-0.3, -0.25) is 0 Å². The lowest BCUT2D eigenvalue weighted by molar-refractivity contribution is 0.652. The van der Waals surface area contributed by atoms with Gasteiger partial charge in [0.25, 0.3) is 5.78 Å². The fourth-order valence-corrected chi connectivity index (χ4v) is 2.48. The highest BCUT2D eigenvalue weighted by Gasteiger charge is 2.15. The van der Waals surface area contributed by atoms with E-state index in [1.807, 2.05) is 24.9 Å². The van der Waals surface area contributed by atoms with E-state index in [1.165, 1.54) is 6.33 Å². The second-order valence-electron chi connectivity index (χ2n) is 4.15. The van der Waals surface area contributed by atoms with Crippen LogP contribution in [0.3, 0.4) is 0 Å². The Bertz CT molecular complexity index is 529. The zero-order chi connectivity index (χ0) is 13.1. The first-order valence-corrected chi connectivity index (χ1v) is 7.48. The highest BCUT2D eigenvalue weighted by molar-refractivity contribution is 7.98. The molecular weight excluding hydrogens is 270 g/mol. The molecule has 0 aromatic carbocycles. The minimum absolute atomic E-state index is 0.406. The van der Waals surface area contributed by atoms with E-state index in [1.54, 1.807) is 4.52 Å². The van der Waals surface area contributed by atoms with Crippen molar-refractivity contribution in [3.05, 3.63) is 17.5 Å². The van der Waals surface area contributed by atoms with Crippen molar-refractivity contribution in [3.8, 4) is 0 Å². The van der Waals surface area contributed by atoms with Gasteiger partial charge in [-0.2, -0.15) is 31.3 Å². The first-order valence-electron chi connectivity index (χ1n) is 5.71. The molecule has 0 saturated heterocycles. The third-order valence-electron chi connectivity index (χ3n) is 2.96. The molecule has 1 unspecified atom stereocenters. The van der Waals surface area contributed by atoms with Crippen LogP contribution in [0.25, 0.3) is 5.78 Å². The average Bonchev–Trinajstić information content (AvgIpc) is 2.81. The predicted octanol–water partition coefficient (Wildman–Crippen LogP) is 2.36. The van der Waals surface area contributed by atoms with Crippen LogP contribution in [0, 0.1) is 0 Å². The summed E-state index contributed by atoms with van der Waals surface area (Å²) in [6.07, 6.45) is 4.71. The van der Waals surface area contributed by atoms with Crippen LogP contribution < -0.4 is 4.90 Å². The number of hydrogen-bond donors (Lipinski definition) is 0. The molecule has 0 radical (unpaired) electrons. The highest BCUT2D eigenvalue weighted by Crippen LogP contribution is 2.20. The van der Waals surface area contributed by atoms with E-state index >= 15 is 0 Å². The van der Waals surface area contributed by atoms with Crippen LogP contribution >= 0.6 is 23.4 Å². The van der Waals surface area contributed by atoms with Gasteiger partial charge in [-0.25, -0.2) is 0 Å². The summed E-state index contributed by atoms with van der Waals surface area (Å²) in [6.45, 7) is 2.19. The summed E-state index contributed by atoms with van der Waals surface area (Å²) < 4.78 is 1.71. The first kappa shape index (κ1) is 13.4. The Hall–Kier alpha value is -1.01. The number of nitrogens with zero attached hydrogens (tertiary/aromatic N) is 5. The molecule has 0 fully saturated rings. The summed E-state index contributed by atoms with van der Waals surface area (Å²) in [5.74, 6) is 2.57. The summed E-state index contributed by atoms with van der Waals surface area (Å²) in [7, 11) is 2.04. The smallest absolute Gasteiger partial charge is 0.255 e. The van der Waals surface area contributed by atoms with Crippen molar-refractivity contribution >= 4 is 35.0 Å². The lowest BCUT2D eigenvalue weighted by atomic mass is 10.2. The van der Waals surface area contributed by atoms with Gasteiger partial charge in [0.2, 0.25) is 0 Å². The number of anilines is 1. The summed E-state index contributed by atoms with van der Waals surface area (Å²) in [4.78, 5) is 10.4. The van der Waals surface area contributed by atoms with E-state index in [0.29, 0.717) is 17.0 Å². The molecule has 1 atom stereocenters. The minimum Gasteiger partial charge on any atom is -0.357 e. The Morgan fingerprint density at radius 3 is 3.06 bits per heavy atom. The third kappa shape index (κ3) is 2.70. The largest absolute Gasteiger partial charge is 0.357 e. The van der Waals surface area contributed by atoms with Crippen LogP contribution in [0.1, 0.15) is 13.3 Å². The molecule has 7 heteroatoms. The Morgan fingerprint density at radius 2 is 2.33 bits per heavy atom. The Labute approximate surface area is 116 Å². The predicted molar refractivity (Wildman–Crippen MR) is 76.7 cm³/mol. The minimum atomic E-state index is 0.406. The van der Waals surface area contributed by atoms with Crippen LogP contribution in [-0.4, -0.2) is 44.7 Å². The van der Waals surface area contributed by atoms with Crippen molar-refractivity contribution < 1.29 is 0 Å². The van der Waals surface area contributed by atoms with Gasteiger partial charge in [0.15, 0.2) is 0 Å². The Kier molecular flexibility index (Phi) is 4.29. The molecule has 5 nitrogen and oxygen atoms in total. The standard InChI is InChI=1S/C11H16ClN5S/c1-8(4-5-18-3)16(2)10-6-9(12)15-11-13-7-14-17(10)11/h6-8H,4-5H2,1-3H3. The van der Waals surface area contributed by atoms with E-state index in [-0.39, 0.29) is 0 Å². The molecule has 0 aliphatic heterocycles. The molecule has 0 spiro atoms. The molecule has 2 rings (SSSR count). The van der Waals surface area contributed by atoms with Gasteiger partial charge >= 0.3 is 0 Å². The summed E-state index contributed by atoms with van der Waals surface area (Å²) in [5, 5.41) is 4.62. The molecule has 2 aromatic heterocycles. The molecule has 0 N–H and O–H groups in total. The van der Waals surface area contributed by atoms with Crippen molar-refractivity contribution in [1.29, 1.82) is 0 Å². The van der Waals surface area contributed by atoms with Crippen molar-refractivity contribution in [2.45, 2.75) is 19.4 Å². The number of hydrogen-bond acceptors (Lipinski definition) is 5. The molecule has 2 aromatic rings. The summed E-state index contributed by atoms with van der Waals surface area (Å²) in [6, 6.07) is 2.22. The van der Waals surface area contributed by atoms with Crippen LogP contribution in [0.4, 0.5) is 5.82 Å². The zero-order valence-electron chi connectivity index (χ0n) is 10.7. The van der Waals surface area contributed by atoms with E-state index in [0.717, 1.165) is 18.0 Å². The summed E-state index contributed by atoms with van der Waals surface area (Å²) in [5.41, 5.74) is 0. The molecule has 0 amide bonds. The first-order chi connectivity index (χ1) is 8.63. The number of thioether (sulfide) groups is 1. The normalized spacial score (nSPS) is 12.9. The Morgan fingerprint density at radius 1 is 1.56 bits per heavy atom. The second kappa shape index (κ2) is 5.75. The number of halogens is 1. The second-order valence-corrected chi connectivity index (χ2v) is 5.52. The van der Waals surface area contributed by atoms with Gasteiger partial charge in [0, 0.05) is 19.2 Å². The van der Waals surface area contributed by atoms with Gasteiger partial charge in [-0.15, -0.1) is 0 Å². The lowest BCUT2D eigenvalue weighted by Crippen LogP contribution is -2.31. The van der Waals surface area contributed by atoms with E-state index in [2.05, 4.69) is 33.1 Å². The van der Waals surface area contributed by atoms with Crippen molar-refractivity contribution in [2.75, 3.05) is 24.0 Å². The van der Waals surface area contributed by atoms with Crippen molar-refractivity contribution in [3.63, 3.8) is 0 Å². The topological polar surface area (TPSA) is 46.3 Å². The highest BCUT2D eigenvalue weighted by atomic mass is 35.5. The molecule has 98 valence electrons. The number of aromatic nitrogens is 4. The maximum atomic E-state index is 6.01. The monoisotopic (exact) mass is 285 g/mol. The van der Waals surface area contributed by atoms with Gasteiger partial charge < -0.3 is 4.90 Å². The maximum Gasteiger partial charge on any atom is 0.255 e. The molecular formula is C11H16ClN5S. The SMILES string of the molecule is CSCCC(C)N(C)c1cc(Cl)nc2ncnn12. The van der Waals surface area contributed by atoms with Gasteiger partial charge in [-0.05, 0) is 25.4 Å². The molecule has 0 aliphatic rings. The fraction of sp³-hybridized carbons (Fsp3) is 0.545. The molecule has 0 aliphatic carbocycles. The molecule has 0 saturated carbocycles.